The van der Waals surface area contributed by atoms with E-state index in [-0.39, 0.29) is 58.3 Å². The number of imide groups is 1. The van der Waals surface area contributed by atoms with Crippen LogP contribution in [0.3, 0.4) is 0 Å². The third-order valence-corrected chi connectivity index (χ3v) is 11.6. The molecule has 14 nitrogen and oxygen atoms in total. The zero-order valence-corrected chi connectivity index (χ0v) is 32.9. The third kappa shape index (κ3) is 9.38. The van der Waals surface area contributed by atoms with Crippen LogP contribution in [-0.2, 0) is 19.1 Å². The highest BCUT2D eigenvalue weighted by Crippen LogP contribution is 2.40. The number of nitrogen functional groups attached to an aromatic ring is 1. The molecule has 3 aliphatic heterocycles. The Morgan fingerprint density at radius 3 is 2.45 bits per heavy atom. The van der Waals surface area contributed by atoms with Gasteiger partial charge in [0.15, 0.2) is 23.3 Å². The molecule has 3 aromatic rings. The summed E-state index contributed by atoms with van der Waals surface area (Å²) in [5.74, 6) is 1.25. The second-order valence-electron chi connectivity index (χ2n) is 16.3. The molecule has 0 saturated carbocycles. The minimum absolute atomic E-state index is 0.0752. The Morgan fingerprint density at radius 2 is 1.75 bits per heavy atom. The van der Waals surface area contributed by atoms with Gasteiger partial charge < -0.3 is 30.7 Å². The van der Waals surface area contributed by atoms with Crippen molar-refractivity contribution in [1.82, 2.24) is 20.6 Å². The fraction of sp³-hybridized carbons (Fsp3) is 0.513. The summed E-state index contributed by atoms with van der Waals surface area (Å²) < 4.78 is 40.8. The maximum absolute atomic E-state index is 15.1. The van der Waals surface area contributed by atoms with Gasteiger partial charge in [0, 0.05) is 41.8 Å². The van der Waals surface area contributed by atoms with E-state index in [1.54, 1.807) is 23.6 Å². The number of anilines is 3. The van der Waals surface area contributed by atoms with Gasteiger partial charge in [-0.05, 0) is 73.3 Å². The number of aromatic nitrogens is 1. The number of fused-ring (bicyclic) bond motifs is 2. The Balaban J connectivity index is 0.987. The first kappa shape index (κ1) is 40.8. The molecular formula is C39H50F2N8O6S. The monoisotopic (exact) mass is 796 g/mol. The number of nitrogens with two attached hydrogens (primary N) is 2. The number of hydrogen-bond acceptors (Lipinski definition) is 12. The van der Waals surface area contributed by atoms with Crippen molar-refractivity contribution >= 4 is 51.5 Å². The van der Waals surface area contributed by atoms with Crippen LogP contribution in [0.2, 0.25) is 0 Å². The highest BCUT2D eigenvalue weighted by molar-refractivity contribution is 7.14. The van der Waals surface area contributed by atoms with Crippen molar-refractivity contribution in [3.05, 3.63) is 52.9 Å². The number of hydrogen-bond donors (Lipinski definition) is 5. The van der Waals surface area contributed by atoms with Crippen LogP contribution >= 0.6 is 11.3 Å². The van der Waals surface area contributed by atoms with E-state index in [0.29, 0.717) is 37.7 Å². The fourth-order valence-corrected chi connectivity index (χ4v) is 8.09. The van der Waals surface area contributed by atoms with Gasteiger partial charge in [-0.2, -0.15) is 4.39 Å². The van der Waals surface area contributed by atoms with E-state index in [1.165, 1.54) is 17.4 Å². The highest BCUT2D eigenvalue weighted by atomic mass is 32.1. The Hall–Kier alpha value is -4.87. The van der Waals surface area contributed by atoms with Crippen LogP contribution in [0, 0.1) is 22.5 Å². The number of morpholine rings is 1. The molecule has 3 saturated heterocycles. The molecule has 0 spiro atoms. The van der Waals surface area contributed by atoms with Crippen molar-refractivity contribution in [2.24, 2.45) is 16.7 Å². The number of thiazole rings is 1. The zero-order chi connectivity index (χ0) is 40.4. The van der Waals surface area contributed by atoms with Gasteiger partial charge in [-0.3, -0.25) is 29.5 Å². The minimum atomic E-state index is -1.18. The summed E-state index contributed by atoms with van der Waals surface area (Å²) in [5.41, 5.74) is 7.24. The standard InChI is InChI=1S/C39H50F2N8O6S/c1-38(2,20-44-22-5-10-28(42)26(15-22)36(53)49(43)30-11-12-31(50)47-35(30)52)13-14-39(3,4)21-45-32(51)18-55-34-25(8-9-27(40)33(34)41)29-19-56-37(46-29)48-23-6-7-24(48)17-54-16-23/h5,8-10,15,19,23-24,30,44H,6-7,11-14,16-18,20-21,42-43H2,1-4H3,(H,45,51)(H,47,50,52). The van der Waals surface area contributed by atoms with E-state index in [0.717, 1.165) is 41.9 Å². The van der Waals surface area contributed by atoms with Crippen molar-refractivity contribution in [2.45, 2.75) is 84.3 Å². The van der Waals surface area contributed by atoms with Gasteiger partial charge >= 0.3 is 0 Å². The summed E-state index contributed by atoms with van der Waals surface area (Å²) in [7, 11) is 0. The maximum atomic E-state index is 15.1. The van der Waals surface area contributed by atoms with Crippen LogP contribution in [0.4, 0.5) is 25.3 Å². The molecule has 2 bridgehead atoms. The average molecular weight is 797 g/mol. The Bertz CT molecular complexity index is 1960. The van der Waals surface area contributed by atoms with E-state index < -0.39 is 47.9 Å². The Morgan fingerprint density at radius 1 is 1.05 bits per heavy atom. The number of carbonyl (C=O) groups excluding carboxylic acids is 4. The summed E-state index contributed by atoms with van der Waals surface area (Å²) in [6.07, 6.45) is 3.73. The zero-order valence-electron chi connectivity index (χ0n) is 32.1. The first-order valence-electron chi connectivity index (χ1n) is 18.8. The number of amides is 4. The quantitative estimate of drug-likeness (QED) is 0.0475. The maximum Gasteiger partial charge on any atom is 0.270 e. The summed E-state index contributed by atoms with van der Waals surface area (Å²) in [6, 6.07) is 6.87. The lowest BCUT2D eigenvalue weighted by atomic mass is 9.79. The van der Waals surface area contributed by atoms with Gasteiger partial charge in [0.2, 0.25) is 11.7 Å². The van der Waals surface area contributed by atoms with Gasteiger partial charge in [0.1, 0.15) is 6.04 Å². The van der Waals surface area contributed by atoms with E-state index >= 15 is 4.39 Å². The lowest BCUT2D eigenvalue weighted by Crippen LogP contribution is -2.57. The van der Waals surface area contributed by atoms with Gasteiger partial charge in [0.05, 0.1) is 36.6 Å². The molecule has 4 heterocycles. The molecule has 3 fully saturated rings. The van der Waals surface area contributed by atoms with Crippen molar-refractivity contribution in [3.8, 4) is 17.0 Å². The molecule has 56 heavy (non-hydrogen) atoms. The van der Waals surface area contributed by atoms with E-state index in [4.69, 9.17) is 26.0 Å². The topological polar surface area (TPSA) is 194 Å². The molecule has 6 rings (SSSR count). The van der Waals surface area contributed by atoms with Crippen molar-refractivity contribution in [3.63, 3.8) is 0 Å². The second kappa shape index (κ2) is 16.7. The summed E-state index contributed by atoms with van der Waals surface area (Å²) in [4.78, 5) is 57.0. The number of benzene rings is 2. The van der Waals surface area contributed by atoms with Crippen LogP contribution < -0.4 is 37.2 Å². The number of halogens is 2. The van der Waals surface area contributed by atoms with Crippen molar-refractivity contribution < 1.29 is 37.4 Å². The van der Waals surface area contributed by atoms with E-state index in [2.05, 4.69) is 34.7 Å². The molecular weight excluding hydrogens is 747 g/mol. The lowest BCUT2D eigenvalue weighted by Gasteiger charge is -2.34. The number of hydrazine groups is 1. The van der Waals surface area contributed by atoms with Crippen LogP contribution in [0.15, 0.2) is 35.7 Å². The second-order valence-corrected chi connectivity index (χ2v) is 17.1. The molecule has 3 atom stereocenters. The minimum Gasteiger partial charge on any atom is -0.480 e. The predicted octanol–water partition coefficient (Wildman–Crippen LogP) is 4.60. The highest BCUT2D eigenvalue weighted by Gasteiger charge is 2.39. The summed E-state index contributed by atoms with van der Waals surface area (Å²) >= 11 is 1.43. The van der Waals surface area contributed by atoms with Crippen LogP contribution in [0.1, 0.15) is 76.6 Å². The van der Waals surface area contributed by atoms with Crippen LogP contribution in [0.5, 0.6) is 5.75 Å². The average Bonchev–Trinajstić information content (AvgIpc) is 3.73. The Labute approximate surface area is 328 Å². The summed E-state index contributed by atoms with van der Waals surface area (Å²) in [5, 5.41) is 11.8. The van der Waals surface area contributed by atoms with Gasteiger partial charge in [0.25, 0.3) is 17.7 Å². The molecule has 7 N–H and O–H groups in total. The number of nitrogens with zero attached hydrogens (tertiary/aromatic N) is 3. The SMILES string of the molecule is CC(C)(CCC(C)(C)CNc1ccc(N)c(C(=O)N(N)C2CCC(=O)NC2=O)c1)CNC(=O)COc1c(-c2csc(N3C4CCC3COC4)n2)ccc(F)c1F. The number of ether oxygens (including phenoxy) is 2. The number of rotatable bonds is 15. The first-order chi connectivity index (χ1) is 26.5. The largest absolute Gasteiger partial charge is 0.480 e. The van der Waals surface area contributed by atoms with E-state index in [1.807, 2.05) is 13.8 Å². The van der Waals surface area contributed by atoms with Gasteiger partial charge in [-0.25, -0.2) is 15.2 Å². The molecule has 3 unspecified atom stereocenters. The fourth-order valence-electron chi connectivity index (χ4n) is 7.12. The summed E-state index contributed by atoms with van der Waals surface area (Å²) in [6.45, 7) is 9.86. The van der Waals surface area contributed by atoms with Crippen LogP contribution in [0.25, 0.3) is 11.3 Å². The van der Waals surface area contributed by atoms with Gasteiger partial charge in [-0.15, -0.1) is 11.3 Å². The lowest BCUT2D eigenvalue weighted by molar-refractivity contribution is -0.137. The molecule has 302 valence electrons. The van der Waals surface area contributed by atoms with Gasteiger partial charge in [-0.1, -0.05) is 27.7 Å². The number of carbonyl (C=O) groups is 4. The number of piperidine rings is 1. The molecule has 2 aromatic carbocycles. The Kier molecular flexibility index (Phi) is 12.2. The molecule has 0 aliphatic carbocycles. The van der Waals surface area contributed by atoms with E-state index in [9.17, 15) is 23.6 Å². The van der Waals surface area contributed by atoms with Crippen LogP contribution in [-0.4, -0.2) is 84.7 Å². The smallest absolute Gasteiger partial charge is 0.270 e. The van der Waals surface area contributed by atoms with Crippen molar-refractivity contribution in [1.29, 1.82) is 0 Å². The van der Waals surface area contributed by atoms with Crippen molar-refractivity contribution in [2.75, 3.05) is 48.9 Å². The first-order valence-corrected chi connectivity index (χ1v) is 19.6. The molecule has 1 aromatic heterocycles. The molecule has 17 heteroatoms. The normalized spacial score (nSPS) is 19.8. The molecule has 0 radical (unpaired) electrons. The molecule has 4 amide bonds. The predicted molar refractivity (Wildman–Crippen MR) is 209 cm³/mol. The molecule has 3 aliphatic rings. The number of nitrogens with one attached hydrogen (secondary N) is 3. The third-order valence-electron chi connectivity index (χ3n) is 10.7.